The van der Waals surface area contributed by atoms with Gasteiger partial charge >= 0.3 is 6.18 Å². The molecule has 1 aromatic heterocycles. The zero-order chi connectivity index (χ0) is 17.6. The smallest absolute Gasteiger partial charge is 0.306 e. The van der Waals surface area contributed by atoms with Crippen molar-refractivity contribution in [2.75, 3.05) is 0 Å². The van der Waals surface area contributed by atoms with E-state index in [1.807, 2.05) is 0 Å². The number of aryl methyl sites for hydroxylation is 1. The Kier molecular flexibility index (Phi) is 4.17. The van der Waals surface area contributed by atoms with Crippen LogP contribution in [0.2, 0.25) is 5.02 Å². The number of nitrogens with one attached hydrogen (secondary N) is 1. The Bertz CT molecular complexity index is 1010. The third kappa shape index (κ3) is 3.06. The second-order valence-corrected chi connectivity index (χ2v) is 6.53. The molecule has 0 atom stereocenters. The molecule has 0 unspecified atom stereocenters. The Morgan fingerprint density at radius 3 is 2.58 bits per heavy atom. The first-order valence-electron chi connectivity index (χ1n) is 6.74. The van der Waals surface area contributed by atoms with Crippen LogP contribution in [-0.4, -0.2) is 9.97 Å². The number of aromatic nitrogens is 2. The number of hydrogen-bond acceptors (Lipinski definition) is 2. The zero-order valence-electron chi connectivity index (χ0n) is 12.1. The molecule has 0 saturated heterocycles. The molecule has 3 nitrogen and oxygen atoms in total. The summed E-state index contributed by atoms with van der Waals surface area (Å²) in [5.74, 6) is 0.0460. The molecule has 1 N–H and O–H groups in total. The highest BCUT2D eigenvalue weighted by atomic mass is 79.9. The van der Waals surface area contributed by atoms with Crippen LogP contribution < -0.4 is 5.56 Å². The van der Waals surface area contributed by atoms with Gasteiger partial charge in [-0.3, -0.25) is 4.79 Å². The van der Waals surface area contributed by atoms with Gasteiger partial charge in [0.1, 0.15) is 5.82 Å². The first-order chi connectivity index (χ1) is 11.2. The Hall–Kier alpha value is -1.86. The molecule has 0 fully saturated rings. The van der Waals surface area contributed by atoms with Crippen LogP contribution in [0.5, 0.6) is 0 Å². The lowest BCUT2D eigenvalue weighted by Gasteiger charge is -2.11. The number of benzene rings is 2. The van der Waals surface area contributed by atoms with Gasteiger partial charge in [0.25, 0.3) is 5.56 Å². The van der Waals surface area contributed by atoms with Crippen molar-refractivity contribution in [2.45, 2.75) is 13.1 Å². The quantitative estimate of drug-likeness (QED) is 0.581. The van der Waals surface area contributed by atoms with Crippen LogP contribution in [0.15, 0.2) is 39.6 Å². The van der Waals surface area contributed by atoms with Gasteiger partial charge in [-0.25, -0.2) is 4.98 Å². The highest BCUT2D eigenvalue weighted by molar-refractivity contribution is 9.10. The van der Waals surface area contributed by atoms with E-state index in [4.69, 9.17) is 11.6 Å². The van der Waals surface area contributed by atoms with Crippen molar-refractivity contribution in [3.8, 4) is 11.4 Å². The van der Waals surface area contributed by atoms with Gasteiger partial charge in [-0.1, -0.05) is 27.5 Å². The molecule has 0 bridgehead atoms. The number of hydrogen-bond donors (Lipinski definition) is 1. The summed E-state index contributed by atoms with van der Waals surface area (Å²) < 4.78 is 39.2. The van der Waals surface area contributed by atoms with E-state index in [9.17, 15) is 18.0 Å². The van der Waals surface area contributed by atoms with Crippen molar-refractivity contribution in [1.29, 1.82) is 0 Å². The molecule has 1 heterocycles. The van der Waals surface area contributed by atoms with E-state index >= 15 is 0 Å². The number of aromatic amines is 1. The first kappa shape index (κ1) is 17.0. The van der Waals surface area contributed by atoms with Crippen molar-refractivity contribution in [2.24, 2.45) is 0 Å². The summed E-state index contributed by atoms with van der Waals surface area (Å²) >= 11 is 9.10. The second-order valence-electron chi connectivity index (χ2n) is 5.21. The van der Waals surface area contributed by atoms with E-state index in [0.717, 1.165) is 12.1 Å². The number of halogens is 5. The van der Waals surface area contributed by atoms with Crippen molar-refractivity contribution in [3.63, 3.8) is 0 Å². The standard InChI is InChI=1S/C16H9BrClF3N2O/c1-7-12(18)3-2-11-13(7)22-14(23-15(11)24)8-4-9(16(19,20)21)6-10(17)5-8/h2-6H,1H3,(H,22,23,24). The van der Waals surface area contributed by atoms with Gasteiger partial charge in [0.15, 0.2) is 0 Å². The summed E-state index contributed by atoms with van der Waals surface area (Å²) in [5.41, 5.74) is -0.182. The topological polar surface area (TPSA) is 45.8 Å². The molecular weight excluding hydrogens is 409 g/mol. The Morgan fingerprint density at radius 2 is 1.92 bits per heavy atom. The molecule has 0 aliphatic heterocycles. The van der Waals surface area contributed by atoms with Gasteiger partial charge < -0.3 is 4.98 Å². The van der Waals surface area contributed by atoms with Gasteiger partial charge in [-0.2, -0.15) is 13.2 Å². The molecule has 3 rings (SSSR count). The molecule has 0 amide bonds. The highest BCUT2D eigenvalue weighted by Gasteiger charge is 2.31. The fourth-order valence-electron chi connectivity index (χ4n) is 2.34. The SMILES string of the molecule is Cc1c(Cl)ccc2c(=O)[nH]c(-c3cc(Br)cc(C(F)(F)F)c3)nc12. The minimum Gasteiger partial charge on any atom is -0.306 e. The number of fused-ring (bicyclic) bond motifs is 1. The van der Waals surface area contributed by atoms with Crippen LogP contribution in [0.25, 0.3) is 22.3 Å². The van der Waals surface area contributed by atoms with Gasteiger partial charge in [-0.15, -0.1) is 0 Å². The lowest BCUT2D eigenvalue weighted by Crippen LogP contribution is -2.11. The molecule has 8 heteroatoms. The first-order valence-corrected chi connectivity index (χ1v) is 7.91. The minimum atomic E-state index is -4.51. The minimum absolute atomic E-state index is 0.0460. The molecule has 0 radical (unpaired) electrons. The molecule has 0 aliphatic carbocycles. The lowest BCUT2D eigenvalue weighted by molar-refractivity contribution is -0.137. The average Bonchev–Trinajstić information content (AvgIpc) is 2.49. The summed E-state index contributed by atoms with van der Waals surface area (Å²) in [4.78, 5) is 19.1. The van der Waals surface area contributed by atoms with Crippen molar-refractivity contribution in [1.82, 2.24) is 9.97 Å². The normalized spacial score (nSPS) is 11.9. The number of H-pyrrole nitrogens is 1. The summed E-state index contributed by atoms with van der Waals surface area (Å²) in [7, 11) is 0. The van der Waals surface area contributed by atoms with Crippen molar-refractivity contribution < 1.29 is 13.2 Å². The highest BCUT2D eigenvalue weighted by Crippen LogP contribution is 2.34. The van der Waals surface area contributed by atoms with Gasteiger partial charge in [0.2, 0.25) is 0 Å². The van der Waals surface area contributed by atoms with Crippen molar-refractivity contribution in [3.05, 3.63) is 61.3 Å². The fourth-order valence-corrected chi connectivity index (χ4v) is 2.99. The predicted molar refractivity (Wildman–Crippen MR) is 90.2 cm³/mol. The fraction of sp³-hybridized carbons (Fsp3) is 0.125. The van der Waals surface area contributed by atoms with E-state index in [1.165, 1.54) is 12.1 Å². The van der Waals surface area contributed by atoms with E-state index in [0.29, 0.717) is 21.5 Å². The van der Waals surface area contributed by atoms with Crippen LogP contribution in [0.4, 0.5) is 13.2 Å². The van der Waals surface area contributed by atoms with Crippen LogP contribution in [0, 0.1) is 6.92 Å². The van der Waals surface area contributed by atoms with Crippen molar-refractivity contribution >= 4 is 38.4 Å². The third-order valence-electron chi connectivity index (χ3n) is 3.56. The van der Waals surface area contributed by atoms with E-state index in [2.05, 4.69) is 25.9 Å². The predicted octanol–water partition coefficient (Wildman–Crippen LogP) is 5.33. The van der Waals surface area contributed by atoms with Gasteiger partial charge in [0, 0.05) is 15.1 Å². The molecule has 0 spiro atoms. The number of rotatable bonds is 1. The van der Waals surface area contributed by atoms with Gasteiger partial charge in [0.05, 0.1) is 16.5 Å². The third-order valence-corrected chi connectivity index (χ3v) is 4.43. The second kappa shape index (κ2) is 5.89. The molecule has 3 aromatic rings. The summed E-state index contributed by atoms with van der Waals surface area (Å²) in [5, 5.41) is 0.753. The Morgan fingerprint density at radius 1 is 1.21 bits per heavy atom. The molecule has 124 valence electrons. The summed E-state index contributed by atoms with van der Waals surface area (Å²) in [6.07, 6.45) is -4.51. The van der Waals surface area contributed by atoms with Crippen LogP contribution in [0.3, 0.4) is 0 Å². The summed E-state index contributed by atoms with van der Waals surface area (Å²) in [6, 6.07) is 6.47. The molecular formula is C16H9BrClF3N2O. The maximum Gasteiger partial charge on any atom is 0.416 e. The number of alkyl halides is 3. The van der Waals surface area contributed by atoms with E-state index < -0.39 is 17.3 Å². The largest absolute Gasteiger partial charge is 0.416 e. The molecule has 2 aromatic carbocycles. The Labute approximate surface area is 147 Å². The lowest BCUT2D eigenvalue weighted by atomic mass is 10.1. The summed E-state index contributed by atoms with van der Waals surface area (Å²) in [6.45, 7) is 1.70. The molecule has 24 heavy (non-hydrogen) atoms. The van der Waals surface area contributed by atoms with Crippen LogP contribution >= 0.6 is 27.5 Å². The van der Waals surface area contributed by atoms with Crippen LogP contribution in [0.1, 0.15) is 11.1 Å². The van der Waals surface area contributed by atoms with Gasteiger partial charge in [-0.05, 0) is 42.8 Å². The Balaban J connectivity index is 2.29. The monoisotopic (exact) mass is 416 g/mol. The van der Waals surface area contributed by atoms with Crippen LogP contribution in [-0.2, 0) is 6.18 Å². The maximum atomic E-state index is 13.0. The molecule has 0 saturated carbocycles. The van der Waals surface area contributed by atoms with E-state index in [1.54, 1.807) is 13.0 Å². The zero-order valence-corrected chi connectivity index (χ0v) is 14.5. The molecule has 0 aliphatic rings. The van der Waals surface area contributed by atoms with E-state index in [-0.39, 0.29) is 15.9 Å². The average molecular weight is 418 g/mol. The maximum absolute atomic E-state index is 13.0. The number of nitrogens with zero attached hydrogens (tertiary/aromatic N) is 1.